The van der Waals surface area contributed by atoms with E-state index in [4.69, 9.17) is 10.5 Å². The van der Waals surface area contributed by atoms with E-state index in [1.54, 1.807) is 31.2 Å². The molecule has 14 heteroatoms. The van der Waals surface area contributed by atoms with Crippen molar-refractivity contribution in [2.45, 2.75) is 51.8 Å². The molecule has 2 atom stereocenters. The average molecular weight is 571 g/mol. The molecule has 6 N–H and O–H groups in total. The summed E-state index contributed by atoms with van der Waals surface area (Å²) >= 11 is 0. The number of nitrogens with zero attached hydrogens (tertiary/aromatic N) is 1. The first-order valence-corrected chi connectivity index (χ1v) is 12.8. The highest BCUT2D eigenvalue weighted by atomic mass is 16.5. The number of amides is 7. The van der Waals surface area contributed by atoms with Crippen LogP contribution < -0.4 is 27.0 Å². The lowest BCUT2D eigenvalue weighted by molar-refractivity contribution is -0.144. The molecule has 1 aromatic rings. The Balaban J connectivity index is 2.01. The lowest BCUT2D eigenvalue weighted by atomic mass is 10.0. The van der Waals surface area contributed by atoms with Gasteiger partial charge < -0.3 is 31.7 Å². The Kier molecular flexibility index (Phi) is 12.2. The number of imide groups is 1. The van der Waals surface area contributed by atoms with Crippen molar-refractivity contribution in [3.05, 3.63) is 54.1 Å². The maximum atomic E-state index is 13.2. The molecule has 2 rings (SSSR count). The maximum absolute atomic E-state index is 13.2. The maximum Gasteiger partial charge on any atom is 0.312 e. The molecule has 41 heavy (non-hydrogen) atoms. The fourth-order valence-electron chi connectivity index (χ4n) is 3.52. The van der Waals surface area contributed by atoms with Gasteiger partial charge in [0.25, 0.3) is 17.7 Å². The predicted molar refractivity (Wildman–Crippen MR) is 147 cm³/mol. The van der Waals surface area contributed by atoms with Gasteiger partial charge in [0.2, 0.25) is 11.8 Å². The van der Waals surface area contributed by atoms with Gasteiger partial charge in [0.15, 0.2) is 0 Å². The van der Waals surface area contributed by atoms with E-state index in [-0.39, 0.29) is 50.5 Å². The number of anilines is 1. The molecule has 1 aromatic carbocycles. The standard InChI is InChI=1S/C27H34N6O8/c1-4-23(37)41-15-18-5-7-19(8-6-18)31-26(39)24(16(2)11-13-29-27(28)40)32-25(38)17(3)30-20(34)12-14-33-21(35)9-10-22(33)36/h5-10,17,24H,2,4,11-15H2,1,3H3,(H,30,34)(H,31,39)(H,32,38)(H3,28,29,40)/t17-,24-/m0/s1. The highest BCUT2D eigenvalue weighted by Gasteiger charge is 2.28. The van der Waals surface area contributed by atoms with Crippen molar-refractivity contribution in [2.75, 3.05) is 18.4 Å². The second-order valence-corrected chi connectivity index (χ2v) is 9.04. The average Bonchev–Trinajstić information content (AvgIpc) is 3.25. The molecule has 0 saturated carbocycles. The first-order valence-electron chi connectivity index (χ1n) is 12.8. The number of hydrogen-bond donors (Lipinski definition) is 5. The third kappa shape index (κ3) is 10.6. The molecule has 0 saturated heterocycles. The summed E-state index contributed by atoms with van der Waals surface area (Å²) in [5.41, 5.74) is 6.43. The highest BCUT2D eigenvalue weighted by molar-refractivity contribution is 6.13. The van der Waals surface area contributed by atoms with Crippen molar-refractivity contribution >= 4 is 47.2 Å². The van der Waals surface area contributed by atoms with Gasteiger partial charge in [-0.1, -0.05) is 25.6 Å². The normalized spacial score (nSPS) is 13.7. The van der Waals surface area contributed by atoms with Crippen molar-refractivity contribution in [3.63, 3.8) is 0 Å². The number of rotatable bonds is 15. The van der Waals surface area contributed by atoms with E-state index in [9.17, 15) is 33.6 Å². The first-order chi connectivity index (χ1) is 19.4. The molecule has 1 aliphatic rings. The number of carbonyl (C=O) groups is 7. The lowest BCUT2D eigenvalue weighted by Crippen LogP contribution is -2.52. The van der Waals surface area contributed by atoms with Gasteiger partial charge in [-0.3, -0.25) is 33.7 Å². The molecule has 220 valence electrons. The van der Waals surface area contributed by atoms with Gasteiger partial charge >= 0.3 is 12.0 Å². The van der Waals surface area contributed by atoms with Crippen molar-refractivity contribution in [2.24, 2.45) is 5.73 Å². The van der Waals surface area contributed by atoms with E-state index in [2.05, 4.69) is 27.8 Å². The number of hydrogen-bond acceptors (Lipinski definition) is 8. The van der Waals surface area contributed by atoms with Gasteiger partial charge in [0.1, 0.15) is 18.7 Å². The molecule has 1 heterocycles. The Morgan fingerprint density at radius 2 is 1.61 bits per heavy atom. The second kappa shape index (κ2) is 15.5. The van der Waals surface area contributed by atoms with E-state index in [0.29, 0.717) is 11.3 Å². The number of ether oxygens (including phenoxy) is 1. The smallest absolute Gasteiger partial charge is 0.312 e. The van der Waals surface area contributed by atoms with Gasteiger partial charge in [-0.25, -0.2) is 4.79 Å². The summed E-state index contributed by atoms with van der Waals surface area (Å²) in [5, 5.41) is 10.1. The Morgan fingerprint density at radius 1 is 0.976 bits per heavy atom. The van der Waals surface area contributed by atoms with Crippen molar-refractivity contribution in [1.82, 2.24) is 20.9 Å². The molecule has 7 amide bonds. The van der Waals surface area contributed by atoms with Crippen LogP contribution in [0.3, 0.4) is 0 Å². The number of primary amides is 1. The zero-order chi connectivity index (χ0) is 30.5. The van der Waals surface area contributed by atoms with Crippen LogP contribution in [0, 0.1) is 0 Å². The van der Waals surface area contributed by atoms with Gasteiger partial charge in [0.05, 0.1) is 0 Å². The zero-order valence-corrected chi connectivity index (χ0v) is 22.9. The molecular weight excluding hydrogens is 536 g/mol. The van der Waals surface area contributed by atoms with E-state index < -0.39 is 47.7 Å². The Bertz CT molecular complexity index is 1210. The molecule has 0 radical (unpaired) electrons. The van der Waals surface area contributed by atoms with Crippen LogP contribution in [0.15, 0.2) is 48.6 Å². The number of esters is 1. The largest absolute Gasteiger partial charge is 0.461 e. The van der Waals surface area contributed by atoms with Gasteiger partial charge in [-0.05, 0) is 36.6 Å². The van der Waals surface area contributed by atoms with Crippen LogP contribution >= 0.6 is 0 Å². The minimum atomic E-state index is -1.24. The molecule has 0 fully saturated rings. The lowest BCUT2D eigenvalue weighted by Gasteiger charge is -2.23. The fraction of sp³-hybridized carbons (Fsp3) is 0.370. The summed E-state index contributed by atoms with van der Waals surface area (Å²) in [6.07, 6.45) is 2.34. The number of urea groups is 1. The highest BCUT2D eigenvalue weighted by Crippen LogP contribution is 2.14. The molecule has 0 spiro atoms. The molecule has 1 aliphatic heterocycles. The number of nitrogens with two attached hydrogens (primary N) is 1. The van der Waals surface area contributed by atoms with Crippen LogP contribution in [-0.2, 0) is 40.1 Å². The van der Waals surface area contributed by atoms with Crippen LogP contribution in [0.1, 0.15) is 38.7 Å². The SMILES string of the molecule is C=C(CCNC(N)=O)[C@H](NC(=O)[C@H](C)NC(=O)CCN1C(=O)C=CC1=O)C(=O)Nc1ccc(COC(=O)CC)cc1. The molecule has 0 bridgehead atoms. The Hall–Kier alpha value is -5.01. The third-order valence-electron chi connectivity index (χ3n) is 5.85. The summed E-state index contributed by atoms with van der Waals surface area (Å²) in [5.74, 6) is -3.32. The quantitative estimate of drug-likeness (QED) is 0.110. The fourth-order valence-corrected chi connectivity index (χ4v) is 3.52. The third-order valence-corrected chi connectivity index (χ3v) is 5.85. The van der Waals surface area contributed by atoms with Gasteiger partial charge in [0, 0.05) is 43.8 Å². The van der Waals surface area contributed by atoms with Crippen molar-refractivity contribution < 1.29 is 38.3 Å². The Labute approximate surface area is 236 Å². The number of carbonyl (C=O) groups excluding carboxylic acids is 7. The summed E-state index contributed by atoms with van der Waals surface area (Å²) in [4.78, 5) is 84.9. The summed E-state index contributed by atoms with van der Waals surface area (Å²) < 4.78 is 5.08. The van der Waals surface area contributed by atoms with Crippen LogP contribution in [0.25, 0.3) is 0 Å². The predicted octanol–water partition coefficient (Wildman–Crippen LogP) is -0.00250. The summed E-state index contributed by atoms with van der Waals surface area (Å²) in [6, 6.07) is 3.42. The van der Waals surface area contributed by atoms with E-state index in [1.165, 1.54) is 6.92 Å². The van der Waals surface area contributed by atoms with Crippen molar-refractivity contribution in [3.8, 4) is 0 Å². The van der Waals surface area contributed by atoms with Gasteiger partial charge in [-0.15, -0.1) is 0 Å². The second-order valence-electron chi connectivity index (χ2n) is 9.04. The van der Waals surface area contributed by atoms with Crippen molar-refractivity contribution in [1.29, 1.82) is 0 Å². The molecule has 0 aliphatic carbocycles. The van der Waals surface area contributed by atoms with Crippen LogP contribution in [0.5, 0.6) is 0 Å². The first kappa shape index (κ1) is 32.2. The summed E-state index contributed by atoms with van der Waals surface area (Å²) in [6.45, 7) is 6.93. The van der Waals surface area contributed by atoms with Crippen LogP contribution in [-0.4, -0.2) is 71.6 Å². The Morgan fingerprint density at radius 3 is 2.20 bits per heavy atom. The molecular formula is C27H34N6O8. The summed E-state index contributed by atoms with van der Waals surface area (Å²) in [7, 11) is 0. The number of nitrogens with one attached hydrogen (secondary N) is 4. The minimum absolute atomic E-state index is 0.0636. The van der Waals surface area contributed by atoms with Gasteiger partial charge in [-0.2, -0.15) is 0 Å². The van der Waals surface area contributed by atoms with E-state index in [1.807, 2.05) is 0 Å². The topological polar surface area (TPSA) is 206 Å². The number of benzene rings is 1. The van der Waals surface area contributed by atoms with E-state index in [0.717, 1.165) is 17.1 Å². The molecule has 0 unspecified atom stereocenters. The minimum Gasteiger partial charge on any atom is -0.461 e. The van der Waals surface area contributed by atoms with Crippen LogP contribution in [0.4, 0.5) is 10.5 Å². The monoisotopic (exact) mass is 570 g/mol. The molecule has 14 nitrogen and oxygen atoms in total. The molecule has 0 aromatic heterocycles. The zero-order valence-electron chi connectivity index (χ0n) is 22.9. The van der Waals surface area contributed by atoms with E-state index >= 15 is 0 Å². The van der Waals surface area contributed by atoms with Crippen LogP contribution in [0.2, 0.25) is 0 Å².